The van der Waals surface area contributed by atoms with Crippen molar-refractivity contribution >= 4 is 23.3 Å². The standard InChI is InChI=1S/C21H21N5O3S/c1-14(9-10-15-6-3-2-4-7-15)22-19(28)13-30-21-24-20(16-8-5-11-29-16)23-17-12-18(27)25-26(17)21/h2-8,11-12,14H,9-10,13H2,1H3,(H,22,28)(H,25,27). The summed E-state index contributed by atoms with van der Waals surface area (Å²) < 4.78 is 6.84. The average molecular weight is 423 g/mol. The number of aromatic nitrogens is 4. The topological polar surface area (TPSA) is 105 Å². The molecule has 1 unspecified atom stereocenters. The monoisotopic (exact) mass is 423 g/mol. The number of hydrogen-bond donors (Lipinski definition) is 2. The van der Waals surface area contributed by atoms with E-state index >= 15 is 0 Å². The molecule has 3 aromatic heterocycles. The number of aryl methyl sites for hydroxylation is 1. The normalized spacial score (nSPS) is 12.2. The van der Waals surface area contributed by atoms with Crippen LogP contribution in [0.2, 0.25) is 0 Å². The third-order valence-electron chi connectivity index (χ3n) is 4.51. The number of benzene rings is 1. The summed E-state index contributed by atoms with van der Waals surface area (Å²) in [5.74, 6) is 0.922. The average Bonchev–Trinajstić information content (AvgIpc) is 3.40. The number of nitrogens with zero attached hydrogens (tertiary/aromatic N) is 3. The SMILES string of the molecule is CC(CCc1ccccc1)NC(=O)CSc1nc(-c2ccco2)nc2cc(=O)[nH]n12. The number of carbonyl (C=O) groups is 1. The Morgan fingerprint density at radius 2 is 2.07 bits per heavy atom. The number of H-pyrrole nitrogens is 1. The molecule has 0 aliphatic carbocycles. The van der Waals surface area contributed by atoms with Gasteiger partial charge in [0.1, 0.15) is 0 Å². The Balaban J connectivity index is 1.40. The van der Waals surface area contributed by atoms with E-state index in [4.69, 9.17) is 4.42 Å². The van der Waals surface area contributed by atoms with Crippen LogP contribution in [0.3, 0.4) is 0 Å². The highest BCUT2D eigenvalue weighted by molar-refractivity contribution is 7.99. The first-order valence-electron chi connectivity index (χ1n) is 9.58. The smallest absolute Gasteiger partial charge is 0.266 e. The van der Waals surface area contributed by atoms with Crippen molar-refractivity contribution in [3.63, 3.8) is 0 Å². The van der Waals surface area contributed by atoms with E-state index in [0.29, 0.717) is 22.4 Å². The molecule has 0 saturated heterocycles. The van der Waals surface area contributed by atoms with Crippen LogP contribution >= 0.6 is 11.8 Å². The lowest BCUT2D eigenvalue weighted by molar-refractivity contribution is -0.119. The molecule has 0 saturated carbocycles. The Bertz CT molecular complexity index is 1180. The van der Waals surface area contributed by atoms with Gasteiger partial charge in [0.25, 0.3) is 5.56 Å². The summed E-state index contributed by atoms with van der Waals surface area (Å²) in [7, 11) is 0. The molecular formula is C21H21N5O3S. The highest BCUT2D eigenvalue weighted by atomic mass is 32.2. The largest absolute Gasteiger partial charge is 0.461 e. The molecule has 1 atom stereocenters. The lowest BCUT2D eigenvalue weighted by Crippen LogP contribution is -2.34. The molecule has 0 spiro atoms. The second kappa shape index (κ2) is 9.00. The molecule has 0 aliphatic rings. The van der Waals surface area contributed by atoms with Gasteiger partial charge in [0.15, 0.2) is 22.4 Å². The van der Waals surface area contributed by atoms with Gasteiger partial charge in [-0.15, -0.1) is 0 Å². The van der Waals surface area contributed by atoms with E-state index in [1.54, 1.807) is 12.1 Å². The van der Waals surface area contributed by atoms with Crippen molar-refractivity contribution in [2.75, 3.05) is 5.75 Å². The van der Waals surface area contributed by atoms with Crippen molar-refractivity contribution in [1.29, 1.82) is 0 Å². The van der Waals surface area contributed by atoms with Gasteiger partial charge >= 0.3 is 0 Å². The van der Waals surface area contributed by atoms with Gasteiger partial charge in [-0.25, -0.2) is 9.50 Å². The number of nitrogens with one attached hydrogen (secondary N) is 2. The molecule has 0 bridgehead atoms. The van der Waals surface area contributed by atoms with E-state index in [2.05, 4.69) is 32.5 Å². The van der Waals surface area contributed by atoms with Crippen LogP contribution in [0.25, 0.3) is 17.2 Å². The van der Waals surface area contributed by atoms with Crippen molar-refractivity contribution in [3.05, 3.63) is 70.7 Å². The molecule has 3 heterocycles. The number of aromatic amines is 1. The fourth-order valence-corrected chi connectivity index (χ4v) is 3.81. The van der Waals surface area contributed by atoms with E-state index in [9.17, 15) is 9.59 Å². The van der Waals surface area contributed by atoms with Crippen LogP contribution < -0.4 is 10.9 Å². The molecular weight excluding hydrogens is 402 g/mol. The molecule has 2 N–H and O–H groups in total. The second-order valence-electron chi connectivity index (χ2n) is 6.90. The van der Waals surface area contributed by atoms with Gasteiger partial charge < -0.3 is 9.73 Å². The van der Waals surface area contributed by atoms with Crippen LogP contribution in [0, 0.1) is 0 Å². The van der Waals surface area contributed by atoms with Crippen molar-refractivity contribution < 1.29 is 9.21 Å². The summed E-state index contributed by atoms with van der Waals surface area (Å²) in [5.41, 5.74) is 1.38. The number of furan rings is 1. The van der Waals surface area contributed by atoms with E-state index in [-0.39, 0.29) is 23.3 Å². The van der Waals surface area contributed by atoms with Gasteiger partial charge in [-0.2, -0.15) is 4.98 Å². The maximum atomic E-state index is 12.4. The van der Waals surface area contributed by atoms with Crippen molar-refractivity contribution in [1.82, 2.24) is 24.9 Å². The number of amides is 1. The van der Waals surface area contributed by atoms with E-state index in [0.717, 1.165) is 12.8 Å². The maximum Gasteiger partial charge on any atom is 0.266 e. The van der Waals surface area contributed by atoms with Gasteiger partial charge in [0, 0.05) is 12.1 Å². The first-order chi connectivity index (χ1) is 14.6. The molecule has 30 heavy (non-hydrogen) atoms. The molecule has 1 aromatic carbocycles. The molecule has 9 heteroatoms. The predicted octanol–water partition coefficient (Wildman–Crippen LogP) is 2.91. The van der Waals surface area contributed by atoms with Crippen LogP contribution in [-0.4, -0.2) is 37.3 Å². The van der Waals surface area contributed by atoms with Crippen molar-refractivity contribution in [2.45, 2.75) is 31.0 Å². The highest BCUT2D eigenvalue weighted by Crippen LogP contribution is 2.21. The second-order valence-corrected chi connectivity index (χ2v) is 7.85. The minimum Gasteiger partial charge on any atom is -0.461 e. The lowest BCUT2D eigenvalue weighted by Gasteiger charge is -2.14. The van der Waals surface area contributed by atoms with E-state index in [1.165, 1.54) is 34.2 Å². The number of rotatable bonds is 8. The predicted molar refractivity (Wildman–Crippen MR) is 114 cm³/mol. The summed E-state index contributed by atoms with van der Waals surface area (Å²) in [6.07, 6.45) is 3.29. The maximum absolute atomic E-state index is 12.4. The van der Waals surface area contributed by atoms with Gasteiger partial charge in [0.05, 0.1) is 12.0 Å². The zero-order chi connectivity index (χ0) is 20.9. The van der Waals surface area contributed by atoms with Crippen LogP contribution in [0.4, 0.5) is 0 Å². The zero-order valence-corrected chi connectivity index (χ0v) is 17.2. The van der Waals surface area contributed by atoms with Crippen LogP contribution in [0.5, 0.6) is 0 Å². The third-order valence-corrected chi connectivity index (χ3v) is 5.45. The summed E-state index contributed by atoms with van der Waals surface area (Å²) in [5, 5.41) is 6.13. The Morgan fingerprint density at radius 3 is 2.83 bits per heavy atom. The molecule has 154 valence electrons. The van der Waals surface area contributed by atoms with Crippen LogP contribution in [-0.2, 0) is 11.2 Å². The van der Waals surface area contributed by atoms with Gasteiger partial charge in [0.2, 0.25) is 5.91 Å². The molecule has 4 rings (SSSR count). The van der Waals surface area contributed by atoms with Gasteiger partial charge in [-0.3, -0.25) is 14.7 Å². The Labute approximate surface area is 176 Å². The minimum atomic E-state index is -0.290. The first-order valence-corrected chi connectivity index (χ1v) is 10.6. The van der Waals surface area contributed by atoms with Crippen molar-refractivity contribution in [3.8, 4) is 11.6 Å². The summed E-state index contributed by atoms with van der Waals surface area (Å²) >= 11 is 1.23. The number of fused-ring (bicyclic) bond motifs is 1. The number of carbonyl (C=O) groups excluding carboxylic acids is 1. The fraction of sp³-hybridized carbons (Fsp3) is 0.238. The molecule has 4 aromatic rings. The first kappa shape index (κ1) is 20.0. The summed E-state index contributed by atoms with van der Waals surface area (Å²) in [4.78, 5) is 33.0. The molecule has 1 amide bonds. The fourth-order valence-electron chi connectivity index (χ4n) is 3.04. The van der Waals surface area contributed by atoms with E-state index < -0.39 is 0 Å². The number of hydrogen-bond acceptors (Lipinski definition) is 6. The molecule has 0 radical (unpaired) electrons. The lowest BCUT2D eigenvalue weighted by atomic mass is 10.1. The quantitative estimate of drug-likeness (QED) is 0.422. The highest BCUT2D eigenvalue weighted by Gasteiger charge is 2.15. The van der Waals surface area contributed by atoms with Crippen LogP contribution in [0.1, 0.15) is 18.9 Å². The van der Waals surface area contributed by atoms with E-state index in [1.807, 2.05) is 25.1 Å². The van der Waals surface area contributed by atoms with Gasteiger partial charge in [-0.05, 0) is 37.5 Å². The van der Waals surface area contributed by atoms with Crippen molar-refractivity contribution in [2.24, 2.45) is 0 Å². The zero-order valence-electron chi connectivity index (χ0n) is 16.4. The minimum absolute atomic E-state index is 0.0498. The molecule has 8 nitrogen and oxygen atoms in total. The Kier molecular flexibility index (Phi) is 5.99. The molecule has 0 fully saturated rings. The molecule has 0 aliphatic heterocycles. The summed E-state index contributed by atoms with van der Waals surface area (Å²) in [6.45, 7) is 1.99. The number of thioether (sulfide) groups is 1. The Hall–Kier alpha value is -3.33. The Morgan fingerprint density at radius 1 is 1.23 bits per heavy atom. The van der Waals surface area contributed by atoms with Gasteiger partial charge in [-0.1, -0.05) is 42.1 Å². The van der Waals surface area contributed by atoms with Crippen LogP contribution in [0.15, 0.2) is 69.2 Å². The third kappa shape index (κ3) is 4.80. The summed E-state index contributed by atoms with van der Waals surface area (Å²) in [6, 6.07) is 15.1.